The molecule has 0 fully saturated rings. The molecular weight excluding hydrogens is 140 g/mol. The SMILES string of the molecule is C/N=N/c1cccc(OC)c1. The van der Waals surface area contributed by atoms with Gasteiger partial charge in [-0.25, -0.2) is 0 Å². The molecule has 0 radical (unpaired) electrons. The summed E-state index contributed by atoms with van der Waals surface area (Å²) in [5, 5.41) is 7.51. The summed E-state index contributed by atoms with van der Waals surface area (Å²) < 4.78 is 5.00. The highest BCUT2D eigenvalue weighted by Gasteiger charge is 1.91. The number of azo groups is 1. The fraction of sp³-hybridized carbons (Fsp3) is 0.250. The minimum atomic E-state index is 0.801. The van der Waals surface area contributed by atoms with Crippen molar-refractivity contribution in [3.8, 4) is 5.75 Å². The molecule has 1 rings (SSSR count). The lowest BCUT2D eigenvalue weighted by molar-refractivity contribution is 0.415. The van der Waals surface area contributed by atoms with Crippen molar-refractivity contribution in [1.29, 1.82) is 0 Å². The smallest absolute Gasteiger partial charge is 0.121 e. The molecule has 0 amide bonds. The third kappa shape index (κ3) is 2.04. The summed E-state index contributed by atoms with van der Waals surface area (Å²) in [5.41, 5.74) is 0.812. The number of methoxy groups -OCH3 is 1. The zero-order valence-corrected chi connectivity index (χ0v) is 6.61. The van der Waals surface area contributed by atoms with Gasteiger partial charge in [0.25, 0.3) is 0 Å². The zero-order chi connectivity index (χ0) is 8.10. The molecule has 0 N–H and O–H groups in total. The fourth-order valence-corrected chi connectivity index (χ4v) is 0.788. The molecule has 0 heterocycles. The standard InChI is InChI=1S/C8H10N2O/c1-9-10-7-4-3-5-8(6-7)11-2/h3-6H,1-2H3/b10-9+. The topological polar surface area (TPSA) is 34.0 Å². The molecule has 11 heavy (non-hydrogen) atoms. The van der Waals surface area contributed by atoms with Crippen LogP contribution >= 0.6 is 0 Å². The van der Waals surface area contributed by atoms with Crippen molar-refractivity contribution in [1.82, 2.24) is 0 Å². The summed E-state index contributed by atoms with van der Waals surface area (Å²) in [6, 6.07) is 7.44. The molecule has 3 heteroatoms. The molecule has 0 aliphatic rings. The summed E-state index contributed by atoms with van der Waals surface area (Å²) in [6.45, 7) is 0. The Morgan fingerprint density at radius 1 is 1.36 bits per heavy atom. The van der Waals surface area contributed by atoms with Crippen molar-refractivity contribution in [2.75, 3.05) is 14.2 Å². The van der Waals surface area contributed by atoms with Crippen LogP contribution in [-0.2, 0) is 0 Å². The van der Waals surface area contributed by atoms with E-state index in [-0.39, 0.29) is 0 Å². The van der Waals surface area contributed by atoms with Crippen LogP contribution in [-0.4, -0.2) is 14.2 Å². The molecular formula is C8H10N2O. The molecule has 0 atom stereocenters. The third-order valence-corrected chi connectivity index (χ3v) is 1.27. The monoisotopic (exact) mass is 150 g/mol. The molecule has 1 aromatic rings. The van der Waals surface area contributed by atoms with Crippen LogP contribution in [0.25, 0.3) is 0 Å². The Kier molecular flexibility index (Phi) is 2.60. The summed E-state index contributed by atoms with van der Waals surface area (Å²) in [5.74, 6) is 0.801. The van der Waals surface area contributed by atoms with Crippen LogP contribution in [0.1, 0.15) is 0 Å². The van der Waals surface area contributed by atoms with Gasteiger partial charge in [0.15, 0.2) is 0 Å². The van der Waals surface area contributed by atoms with Crippen molar-refractivity contribution >= 4 is 5.69 Å². The van der Waals surface area contributed by atoms with Crippen LogP contribution in [0.15, 0.2) is 34.5 Å². The maximum absolute atomic E-state index is 5.00. The average Bonchev–Trinajstić information content (AvgIpc) is 2.06. The average molecular weight is 150 g/mol. The molecule has 0 aromatic heterocycles. The van der Waals surface area contributed by atoms with Crippen LogP contribution in [0.4, 0.5) is 5.69 Å². The molecule has 1 aromatic carbocycles. The van der Waals surface area contributed by atoms with Gasteiger partial charge < -0.3 is 4.74 Å². The van der Waals surface area contributed by atoms with E-state index < -0.39 is 0 Å². The van der Waals surface area contributed by atoms with Crippen LogP contribution in [0.2, 0.25) is 0 Å². The lowest BCUT2D eigenvalue weighted by atomic mass is 10.3. The maximum Gasteiger partial charge on any atom is 0.121 e. The molecule has 0 aliphatic heterocycles. The highest BCUT2D eigenvalue weighted by Crippen LogP contribution is 2.19. The molecule has 0 saturated heterocycles. The molecule has 58 valence electrons. The molecule has 0 aliphatic carbocycles. The van der Waals surface area contributed by atoms with E-state index in [4.69, 9.17) is 4.74 Å². The zero-order valence-electron chi connectivity index (χ0n) is 6.61. The second-order valence-electron chi connectivity index (χ2n) is 2.00. The minimum Gasteiger partial charge on any atom is -0.497 e. The van der Waals surface area contributed by atoms with Crippen molar-refractivity contribution in [3.05, 3.63) is 24.3 Å². The Bertz CT molecular complexity index is 258. The first kappa shape index (κ1) is 7.72. The summed E-state index contributed by atoms with van der Waals surface area (Å²) in [4.78, 5) is 0. The quantitative estimate of drug-likeness (QED) is 0.596. The second-order valence-corrected chi connectivity index (χ2v) is 2.00. The van der Waals surface area contributed by atoms with Gasteiger partial charge >= 0.3 is 0 Å². The molecule has 0 bridgehead atoms. The molecule has 0 spiro atoms. The van der Waals surface area contributed by atoms with E-state index >= 15 is 0 Å². The van der Waals surface area contributed by atoms with E-state index in [1.165, 1.54) is 0 Å². The fourth-order valence-electron chi connectivity index (χ4n) is 0.788. The Morgan fingerprint density at radius 3 is 2.82 bits per heavy atom. The molecule has 0 unspecified atom stereocenters. The Hall–Kier alpha value is -1.38. The first-order valence-electron chi connectivity index (χ1n) is 3.30. The van der Waals surface area contributed by atoms with E-state index in [2.05, 4.69) is 10.2 Å². The largest absolute Gasteiger partial charge is 0.497 e. The highest BCUT2D eigenvalue weighted by atomic mass is 16.5. The van der Waals surface area contributed by atoms with Gasteiger partial charge in [-0.05, 0) is 12.1 Å². The van der Waals surface area contributed by atoms with E-state index in [0.717, 1.165) is 11.4 Å². The lowest BCUT2D eigenvalue weighted by Crippen LogP contribution is -1.79. The van der Waals surface area contributed by atoms with Crippen LogP contribution in [0.3, 0.4) is 0 Å². The Morgan fingerprint density at radius 2 is 2.18 bits per heavy atom. The Balaban J connectivity index is 2.91. The van der Waals surface area contributed by atoms with Crippen LogP contribution in [0.5, 0.6) is 5.75 Å². The minimum absolute atomic E-state index is 0.801. The summed E-state index contributed by atoms with van der Waals surface area (Å²) >= 11 is 0. The van der Waals surface area contributed by atoms with Crippen molar-refractivity contribution < 1.29 is 4.74 Å². The number of benzene rings is 1. The number of hydrogen-bond donors (Lipinski definition) is 0. The summed E-state index contributed by atoms with van der Waals surface area (Å²) in [6.07, 6.45) is 0. The highest BCUT2D eigenvalue weighted by molar-refractivity contribution is 5.42. The van der Waals surface area contributed by atoms with Crippen molar-refractivity contribution in [2.24, 2.45) is 10.2 Å². The predicted octanol–water partition coefficient (Wildman–Crippen LogP) is 2.41. The van der Waals surface area contributed by atoms with E-state index in [0.29, 0.717) is 0 Å². The van der Waals surface area contributed by atoms with E-state index in [1.54, 1.807) is 14.2 Å². The van der Waals surface area contributed by atoms with Crippen molar-refractivity contribution in [2.45, 2.75) is 0 Å². The van der Waals surface area contributed by atoms with E-state index in [1.807, 2.05) is 24.3 Å². The normalized spacial score (nSPS) is 10.4. The first-order chi connectivity index (χ1) is 5.36. The van der Waals surface area contributed by atoms with Gasteiger partial charge in [-0.1, -0.05) is 6.07 Å². The number of nitrogens with zero attached hydrogens (tertiary/aromatic N) is 2. The number of rotatable bonds is 2. The number of ether oxygens (including phenoxy) is 1. The van der Waals surface area contributed by atoms with Gasteiger partial charge in [-0.2, -0.15) is 10.2 Å². The lowest BCUT2D eigenvalue weighted by Gasteiger charge is -1.97. The Labute approximate surface area is 65.7 Å². The van der Waals surface area contributed by atoms with Crippen molar-refractivity contribution in [3.63, 3.8) is 0 Å². The predicted molar refractivity (Wildman–Crippen MR) is 43.4 cm³/mol. The van der Waals surface area contributed by atoms with Gasteiger partial charge in [0, 0.05) is 13.1 Å². The van der Waals surface area contributed by atoms with Crippen LogP contribution in [0, 0.1) is 0 Å². The van der Waals surface area contributed by atoms with Crippen LogP contribution < -0.4 is 4.74 Å². The summed E-state index contributed by atoms with van der Waals surface area (Å²) in [7, 11) is 3.27. The first-order valence-corrected chi connectivity index (χ1v) is 3.30. The molecule has 3 nitrogen and oxygen atoms in total. The number of hydrogen-bond acceptors (Lipinski definition) is 3. The van der Waals surface area contributed by atoms with Gasteiger partial charge in [-0.15, -0.1) is 0 Å². The van der Waals surface area contributed by atoms with Gasteiger partial charge in [0.2, 0.25) is 0 Å². The van der Waals surface area contributed by atoms with Gasteiger partial charge in [-0.3, -0.25) is 0 Å². The van der Waals surface area contributed by atoms with Gasteiger partial charge in [0.05, 0.1) is 12.8 Å². The van der Waals surface area contributed by atoms with Gasteiger partial charge in [0.1, 0.15) is 5.75 Å². The van der Waals surface area contributed by atoms with E-state index in [9.17, 15) is 0 Å². The third-order valence-electron chi connectivity index (χ3n) is 1.27. The maximum atomic E-state index is 5.00. The molecule has 0 saturated carbocycles. The second kappa shape index (κ2) is 3.71.